The molecule has 4 rings (SSSR count). The van der Waals surface area contributed by atoms with Gasteiger partial charge in [-0.2, -0.15) is 0 Å². The molecular weight excluding hydrogens is 470 g/mol. The van der Waals surface area contributed by atoms with E-state index in [0.717, 1.165) is 17.3 Å². The minimum atomic E-state index is -0.341. The number of aromatic nitrogens is 2. The van der Waals surface area contributed by atoms with Gasteiger partial charge >= 0.3 is 0 Å². The predicted molar refractivity (Wildman–Crippen MR) is 140 cm³/mol. The Morgan fingerprint density at radius 1 is 1.12 bits per heavy atom. The molecule has 1 saturated heterocycles. The molecule has 7 nitrogen and oxygen atoms in total. The Balaban J connectivity index is 1.70. The quantitative estimate of drug-likeness (QED) is 0.275. The molecule has 0 radical (unpaired) electrons. The van der Waals surface area contributed by atoms with Crippen LogP contribution in [0.3, 0.4) is 0 Å². The molecule has 1 aliphatic rings. The van der Waals surface area contributed by atoms with Crippen LogP contribution in [0.1, 0.15) is 11.3 Å². The zero-order valence-corrected chi connectivity index (χ0v) is 20.6. The maximum absolute atomic E-state index is 13.4. The Morgan fingerprint density at radius 3 is 2.53 bits per heavy atom. The van der Waals surface area contributed by atoms with Gasteiger partial charge in [0.15, 0.2) is 15.8 Å². The SMILES string of the molecule is C=CCOc1ccc(/C=C2\SC(=S)N(c3c(C)n(C)n(-c4ccccc4)c3=O)C2=O)cc1OC. The molecule has 0 unspecified atom stereocenters. The molecular formula is C25H23N3O4S2. The van der Waals surface area contributed by atoms with Crippen molar-refractivity contribution >= 4 is 46.0 Å². The highest BCUT2D eigenvalue weighted by atomic mass is 32.2. The average Bonchev–Trinajstić information content (AvgIpc) is 3.23. The van der Waals surface area contributed by atoms with E-state index < -0.39 is 0 Å². The van der Waals surface area contributed by atoms with Crippen LogP contribution in [0.5, 0.6) is 11.5 Å². The van der Waals surface area contributed by atoms with Crippen molar-refractivity contribution in [1.82, 2.24) is 9.36 Å². The van der Waals surface area contributed by atoms with Crippen LogP contribution in [0.25, 0.3) is 11.8 Å². The van der Waals surface area contributed by atoms with E-state index >= 15 is 0 Å². The first-order chi connectivity index (χ1) is 16.4. The zero-order chi connectivity index (χ0) is 24.4. The highest BCUT2D eigenvalue weighted by Gasteiger charge is 2.37. The fourth-order valence-electron chi connectivity index (χ4n) is 3.67. The lowest BCUT2D eigenvalue weighted by atomic mass is 10.2. The van der Waals surface area contributed by atoms with Crippen LogP contribution in [0, 0.1) is 6.92 Å². The van der Waals surface area contributed by atoms with Crippen LogP contribution >= 0.6 is 24.0 Å². The number of nitrogens with zero attached hydrogens (tertiary/aromatic N) is 3. The monoisotopic (exact) mass is 493 g/mol. The van der Waals surface area contributed by atoms with Gasteiger partial charge in [-0.3, -0.25) is 19.2 Å². The number of hydrogen-bond acceptors (Lipinski definition) is 6. The summed E-state index contributed by atoms with van der Waals surface area (Å²) < 4.78 is 14.6. The number of thioether (sulfide) groups is 1. The Morgan fingerprint density at radius 2 is 1.85 bits per heavy atom. The highest BCUT2D eigenvalue weighted by molar-refractivity contribution is 8.27. The van der Waals surface area contributed by atoms with Crippen molar-refractivity contribution in [1.29, 1.82) is 0 Å². The Kier molecular flexibility index (Phi) is 6.76. The molecule has 9 heteroatoms. The van der Waals surface area contributed by atoms with Gasteiger partial charge < -0.3 is 9.47 Å². The van der Waals surface area contributed by atoms with E-state index in [0.29, 0.717) is 38.7 Å². The number of methoxy groups -OCH3 is 1. The van der Waals surface area contributed by atoms with Gasteiger partial charge in [0.25, 0.3) is 11.5 Å². The van der Waals surface area contributed by atoms with Crippen molar-refractivity contribution in [3.05, 3.63) is 87.7 Å². The first-order valence-corrected chi connectivity index (χ1v) is 11.6. The van der Waals surface area contributed by atoms with Crippen LogP contribution in [-0.4, -0.2) is 33.3 Å². The smallest absolute Gasteiger partial charge is 0.296 e. The molecule has 174 valence electrons. The van der Waals surface area contributed by atoms with Gasteiger partial charge in [0, 0.05) is 7.05 Å². The van der Waals surface area contributed by atoms with Gasteiger partial charge in [-0.05, 0) is 42.8 Å². The standard InChI is InChI=1S/C25H23N3O4S2/c1-5-13-32-19-12-11-17(14-20(19)31-4)15-21-23(29)27(25(33)34-21)22-16(2)26(3)28(24(22)30)18-9-7-6-8-10-18/h5-12,14-15H,1,13H2,2-4H3/b21-15-. The molecule has 1 aliphatic heterocycles. The molecule has 2 heterocycles. The van der Waals surface area contributed by atoms with E-state index in [1.165, 1.54) is 9.58 Å². The minimum Gasteiger partial charge on any atom is -0.493 e. The maximum atomic E-state index is 13.4. The number of benzene rings is 2. The van der Waals surface area contributed by atoms with Crippen molar-refractivity contribution in [2.75, 3.05) is 18.6 Å². The fraction of sp³-hybridized carbons (Fsp3) is 0.160. The third kappa shape index (κ3) is 4.20. The molecule has 1 fully saturated rings. The van der Waals surface area contributed by atoms with Gasteiger partial charge in [0.1, 0.15) is 12.3 Å². The topological polar surface area (TPSA) is 65.7 Å². The summed E-state index contributed by atoms with van der Waals surface area (Å²) >= 11 is 6.67. The molecule has 34 heavy (non-hydrogen) atoms. The van der Waals surface area contributed by atoms with Gasteiger partial charge in [0.05, 0.1) is 23.4 Å². The van der Waals surface area contributed by atoms with Gasteiger partial charge in [-0.25, -0.2) is 4.68 Å². The van der Waals surface area contributed by atoms with Crippen LogP contribution in [0.2, 0.25) is 0 Å². The van der Waals surface area contributed by atoms with E-state index in [1.54, 1.807) is 50.0 Å². The van der Waals surface area contributed by atoms with Crippen molar-refractivity contribution < 1.29 is 14.3 Å². The van der Waals surface area contributed by atoms with Crippen LogP contribution in [0.15, 0.2) is 70.9 Å². The summed E-state index contributed by atoms with van der Waals surface area (Å²) in [7, 11) is 3.33. The third-order valence-corrected chi connectivity index (χ3v) is 6.69. The summed E-state index contributed by atoms with van der Waals surface area (Å²) in [6, 6.07) is 14.6. The number of para-hydroxylation sites is 1. The average molecular weight is 494 g/mol. The fourth-order valence-corrected chi connectivity index (χ4v) is 4.94. The van der Waals surface area contributed by atoms with Crippen LogP contribution in [-0.2, 0) is 11.8 Å². The molecule has 0 atom stereocenters. The normalized spacial score (nSPS) is 14.7. The molecule has 2 aromatic carbocycles. The number of carbonyl (C=O) groups is 1. The number of rotatable bonds is 7. The van der Waals surface area contributed by atoms with Gasteiger partial charge in [-0.1, -0.05) is 60.9 Å². The molecule has 0 bridgehead atoms. The van der Waals surface area contributed by atoms with Crippen molar-refractivity contribution in [3.63, 3.8) is 0 Å². The maximum Gasteiger partial charge on any atom is 0.296 e. The second kappa shape index (κ2) is 9.74. The summed E-state index contributed by atoms with van der Waals surface area (Å²) in [5, 5.41) is 0. The first kappa shape index (κ1) is 23.6. The summed E-state index contributed by atoms with van der Waals surface area (Å²) in [6.07, 6.45) is 3.38. The lowest BCUT2D eigenvalue weighted by Crippen LogP contribution is -2.33. The largest absolute Gasteiger partial charge is 0.493 e. The number of ether oxygens (including phenoxy) is 2. The highest BCUT2D eigenvalue weighted by Crippen LogP contribution is 2.37. The lowest BCUT2D eigenvalue weighted by molar-refractivity contribution is -0.113. The van der Waals surface area contributed by atoms with E-state index in [1.807, 2.05) is 36.4 Å². The summed E-state index contributed by atoms with van der Waals surface area (Å²) in [5.74, 6) is 0.774. The summed E-state index contributed by atoms with van der Waals surface area (Å²) in [4.78, 5) is 28.5. The van der Waals surface area contributed by atoms with E-state index in [-0.39, 0.29) is 17.2 Å². The first-order valence-electron chi connectivity index (χ1n) is 10.4. The number of thiocarbonyl (C=S) groups is 1. The molecule has 1 amide bonds. The van der Waals surface area contributed by atoms with Gasteiger partial charge in [-0.15, -0.1) is 0 Å². The van der Waals surface area contributed by atoms with E-state index in [9.17, 15) is 9.59 Å². The second-order valence-electron chi connectivity index (χ2n) is 7.44. The van der Waals surface area contributed by atoms with Crippen molar-refractivity contribution in [2.45, 2.75) is 6.92 Å². The van der Waals surface area contributed by atoms with E-state index in [2.05, 4.69) is 6.58 Å². The molecule has 0 N–H and O–H groups in total. The lowest BCUT2D eigenvalue weighted by Gasteiger charge is -2.12. The van der Waals surface area contributed by atoms with Crippen molar-refractivity contribution in [3.8, 4) is 17.2 Å². The third-order valence-electron chi connectivity index (χ3n) is 5.38. The Bertz CT molecular complexity index is 1370. The summed E-state index contributed by atoms with van der Waals surface area (Å²) in [6.45, 7) is 5.79. The van der Waals surface area contributed by atoms with E-state index in [4.69, 9.17) is 21.7 Å². The summed E-state index contributed by atoms with van der Waals surface area (Å²) in [5.41, 5.74) is 2.03. The molecule has 3 aromatic rings. The predicted octanol–water partition coefficient (Wildman–Crippen LogP) is 4.46. The molecule has 0 saturated carbocycles. The zero-order valence-electron chi connectivity index (χ0n) is 19.0. The molecule has 1 aromatic heterocycles. The molecule has 0 aliphatic carbocycles. The molecule has 0 spiro atoms. The second-order valence-corrected chi connectivity index (χ2v) is 9.11. The number of anilines is 1. The van der Waals surface area contributed by atoms with Crippen LogP contribution < -0.4 is 19.9 Å². The number of amides is 1. The minimum absolute atomic E-state index is 0.253. The Labute approximate surface area is 206 Å². The Hall–Kier alpha value is -3.56. The van der Waals surface area contributed by atoms with Crippen molar-refractivity contribution in [2.24, 2.45) is 7.05 Å². The number of carbonyl (C=O) groups excluding carboxylic acids is 1. The van der Waals surface area contributed by atoms with Gasteiger partial charge in [0.2, 0.25) is 0 Å². The number of hydrogen-bond donors (Lipinski definition) is 0. The van der Waals surface area contributed by atoms with Crippen LogP contribution in [0.4, 0.5) is 5.69 Å².